The van der Waals surface area contributed by atoms with E-state index in [1.54, 1.807) is 0 Å². The van der Waals surface area contributed by atoms with Crippen molar-refractivity contribution in [2.24, 2.45) is 5.92 Å². The molecule has 0 rings (SSSR count). The van der Waals surface area contributed by atoms with Crippen molar-refractivity contribution in [3.63, 3.8) is 0 Å². The van der Waals surface area contributed by atoms with E-state index in [9.17, 15) is 43.2 Å². The minimum atomic E-state index is -4.96. The molecule has 0 saturated heterocycles. The number of aliphatic hydroxyl groups excluding tert-OH is 1. The summed E-state index contributed by atoms with van der Waals surface area (Å²) >= 11 is 0. The summed E-state index contributed by atoms with van der Waals surface area (Å²) in [4.78, 5) is 72.8. The van der Waals surface area contributed by atoms with Gasteiger partial charge in [-0.05, 0) is 57.3 Å². The second-order valence-electron chi connectivity index (χ2n) is 27.2. The third-order valence-corrected chi connectivity index (χ3v) is 19.1. The van der Waals surface area contributed by atoms with Crippen LogP contribution in [0.1, 0.15) is 375 Å². The zero-order chi connectivity index (χ0) is 69.8. The molecular weight excluding hydrogens is 1250 g/mol. The Balaban J connectivity index is 5.30. The maximum Gasteiger partial charge on any atom is 0.472 e. The van der Waals surface area contributed by atoms with Crippen LogP contribution in [-0.4, -0.2) is 96.7 Å². The molecule has 3 N–H and O–H groups in total. The molecule has 560 valence electrons. The average Bonchev–Trinajstić information content (AvgIpc) is 1.26. The molecule has 19 heteroatoms. The van der Waals surface area contributed by atoms with E-state index in [1.165, 1.54) is 186 Å². The molecule has 0 aromatic carbocycles. The van der Waals surface area contributed by atoms with Crippen molar-refractivity contribution < 1.29 is 80.2 Å². The van der Waals surface area contributed by atoms with Gasteiger partial charge in [0.05, 0.1) is 26.4 Å². The lowest BCUT2D eigenvalue weighted by Gasteiger charge is -2.21. The van der Waals surface area contributed by atoms with Gasteiger partial charge in [-0.1, -0.05) is 322 Å². The number of carbonyl (C=O) groups is 4. The zero-order valence-electron chi connectivity index (χ0n) is 61.3. The molecule has 0 amide bonds. The molecule has 0 aliphatic rings. The van der Waals surface area contributed by atoms with Crippen molar-refractivity contribution in [3.8, 4) is 0 Å². The summed E-state index contributed by atoms with van der Waals surface area (Å²) in [5.41, 5.74) is 0. The van der Waals surface area contributed by atoms with Crippen LogP contribution in [0.15, 0.2) is 24.3 Å². The summed E-state index contributed by atoms with van der Waals surface area (Å²) in [6.07, 6.45) is 60.3. The van der Waals surface area contributed by atoms with Crippen LogP contribution in [0.3, 0.4) is 0 Å². The van der Waals surface area contributed by atoms with E-state index in [-0.39, 0.29) is 25.7 Å². The van der Waals surface area contributed by atoms with Gasteiger partial charge in [0.15, 0.2) is 12.2 Å². The lowest BCUT2D eigenvalue weighted by molar-refractivity contribution is -0.161. The van der Waals surface area contributed by atoms with E-state index in [1.807, 2.05) is 0 Å². The molecule has 0 aliphatic heterocycles. The van der Waals surface area contributed by atoms with Crippen LogP contribution >= 0.6 is 15.6 Å². The highest BCUT2D eigenvalue weighted by Gasteiger charge is 2.30. The highest BCUT2D eigenvalue weighted by atomic mass is 31.2. The summed E-state index contributed by atoms with van der Waals surface area (Å²) in [7, 11) is -9.92. The molecular formula is C76H144O17P2. The Bertz CT molecular complexity index is 1920. The Labute approximate surface area is 580 Å². The molecule has 0 heterocycles. The van der Waals surface area contributed by atoms with Crippen molar-refractivity contribution in [2.45, 2.75) is 393 Å². The molecule has 0 aliphatic carbocycles. The van der Waals surface area contributed by atoms with Gasteiger partial charge in [-0.15, -0.1) is 0 Å². The van der Waals surface area contributed by atoms with Crippen molar-refractivity contribution in [1.29, 1.82) is 0 Å². The molecule has 95 heavy (non-hydrogen) atoms. The molecule has 0 spiro atoms. The van der Waals surface area contributed by atoms with Crippen LogP contribution < -0.4 is 0 Å². The quantitative estimate of drug-likeness (QED) is 0.0169. The third kappa shape index (κ3) is 69.8. The number of allylic oxidation sites excluding steroid dienone is 4. The van der Waals surface area contributed by atoms with Gasteiger partial charge in [-0.25, -0.2) is 9.13 Å². The molecule has 17 nitrogen and oxygen atoms in total. The van der Waals surface area contributed by atoms with Gasteiger partial charge < -0.3 is 33.8 Å². The predicted molar refractivity (Wildman–Crippen MR) is 386 cm³/mol. The number of ether oxygens (including phenoxy) is 4. The van der Waals surface area contributed by atoms with Crippen molar-refractivity contribution in [3.05, 3.63) is 24.3 Å². The normalized spacial score (nSPS) is 14.1. The smallest absolute Gasteiger partial charge is 0.462 e. The highest BCUT2D eigenvalue weighted by molar-refractivity contribution is 7.47. The molecule has 0 aromatic rings. The summed E-state index contributed by atoms with van der Waals surface area (Å²) < 4.78 is 68.5. The number of esters is 4. The van der Waals surface area contributed by atoms with E-state index in [2.05, 4.69) is 58.9 Å². The topological polar surface area (TPSA) is 237 Å². The van der Waals surface area contributed by atoms with Crippen molar-refractivity contribution in [2.75, 3.05) is 39.6 Å². The summed E-state index contributed by atoms with van der Waals surface area (Å²) in [5, 5.41) is 10.6. The van der Waals surface area contributed by atoms with Crippen LogP contribution in [-0.2, 0) is 65.4 Å². The molecule has 0 aromatic heterocycles. The van der Waals surface area contributed by atoms with Crippen LogP contribution in [0.4, 0.5) is 0 Å². The number of unbranched alkanes of at least 4 members (excludes halogenated alkanes) is 43. The Morgan fingerprint density at radius 1 is 0.326 bits per heavy atom. The Morgan fingerprint density at radius 3 is 0.863 bits per heavy atom. The van der Waals surface area contributed by atoms with Crippen molar-refractivity contribution in [1.82, 2.24) is 0 Å². The lowest BCUT2D eigenvalue weighted by Crippen LogP contribution is -2.30. The lowest BCUT2D eigenvalue weighted by atomic mass is 10.0. The second-order valence-corrected chi connectivity index (χ2v) is 30.1. The predicted octanol–water partition coefficient (Wildman–Crippen LogP) is 22.0. The fourth-order valence-electron chi connectivity index (χ4n) is 11.2. The van der Waals surface area contributed by atoms with E-state index in [0.29, 0.717) is 25.7 Å². The maximum absolute atomic E-state index is 13.1. The molecule has 0 saturated carbocycles. The first kappa shape index (κ1) is 92.5. The number of hydrogen-bond donors (Lipinski definition) is 3. The number of aliphatic hydroxyl groups is 1. The van der Waals surface area contributed by atoms with E-state index >= 15 is 0 Å². The SMILES string of the molecule is CCCCCC/C=C\C=C/CCCCCCCC(=O)O[C@H](COC(=O)CCCCCCCCCCCCCCCCC)COP(=O)(O)OC[C@@H](O)COP(=O)(O)OC[C@@H](COC(=O)CCCCCCCCCCCCCC)OC(=O)CCCCCCCCCCCCC(C)C. The van der Waals surface area contributed by atoms with Gasteiger partial charge in [0.25, 0.3) is 0 Å². The van der Waals surface area contributed by atoms with E-state index in [4.69, 9.17) is 37.0 Å². The summed E-state index contributed by atoms with van der Waals surface area (Å²) in [6, 6.07) is 0. The van der Waals surface area contributed by atoms with Gasteiger partial charge in [-0.3, -0.25) is 37.3 Å². The minimum absolute atomic E-state index is 0.0857. The van der Waals surface area contributed by atoms with Crippen LogP contribution in [0, 0.1) is 5.92 Å². The van der Waals surface area contributed by atoms with Crippen LogP contribution in [0.25, 0.3) is 0 Å². The number of carbonyl (C=O) groups excluding carboxylic acids is 4. The second kappa shape index (κ2) is 68.7. The number of rotatable bonds is 74. The fourth-order valence-corrected chi connectivity index (χ4v) is 12.7. The molecule has 0 radical (unpaired) electrons. The first-order valence-corrected chi connectivity index (χ1v) is 41.9. The monoisotopic (exact) mass is 1390 g/mol. The van der Waals surface area contributed by atoms with Gasteiger partial charge in [-0.2, -0.15) is 0 Å². The molecule has 5 atom stereocenters. The first-order chi connectivity index (χ1) is 46.0. The Hall–Kier alpha value is -2.46. The first-order valence-electron chi connectivity index (χ1n) is 39.0. The van der Waals surface area contributed by atoms with E-state index in [0.717, 1.165) is 109 Å². The fraction of sp³-hybridized carbons (Fsp3) is 0.895. The summed E-state index contributed by atoms with van der Waals surface area (Å²) in [6.45, 7) is 7.22. The maximum atomic E-state index is 13.1. The van der Waals surface area contributed by atoms with Gasteiger partial charge >= 0.3 is 39.5 Å². The highest BCUT2D eigenvalue weighted by Crippen LogP contribution is 2.45. The number of phosphoric acid groups is 2. The molecule has 0 bridgehead atoms. The van der Waals surface area contributed by atoms with Gasteiger partial charge in [0.1, 0.15) is 19.3 Å². The third-order valence-electron chi connectivity index (χ3n) is 17.2. The minimum Gasteiger partial charge on any atom is -0.462 e. The standard InChI is InChI=1S/C76H144O17P2/c1-6-9-12-15-18-21-24-27-29-31-34-40-45-50-55-60-74(79)87-65-71(92-75(80)61-56-51-46-41-35-32-30-28-25-22-19-16-13-10-7-2)67-90-94(82,83)88-63-70(77)64-89-95(84,85)91-68-72(66-86-73(78)59-54-49-44-39-33-26-23-20-17-14-11-8-3)93-76(81)62-57-52-47-42-37-36-38-43-48-53-58-69(4)5/h22,25,28,30,69-72,77H,6-21,23-24,26-27,29,31-68H2,1-5H3,(H,82,83)(H,84,85)/b25-22-,30-28-/t70-,71-,72-/m1/s1. The Morgan fingerprint density at radius 2 is 0.568 bits per heavy atom. The largest absolute Gasteiger partial charge is 0.472 e. The van der Waals surface area contributed by atoms with E-state index < -0.39 is 97.5 Å². The Kier molecular flexibility index (Phi) is 66.9. The summed E-state index contributed by atoms with van der Waals surface area (Å²) in [5.74, 6) is -1.39. The zero-order valence-corrected chi connectivity index (χ0v) is 63.1. The average molecular weight is 1390 g/mol. The molecule has 0 fully saturated rings. The van der Waals surface area contributed by atoms with Gasteiger partial charge in [0, 0.05) is 25.7 Å². The van der Waals surface area contributed by atoms with Crippen LogP contribution in [0.5, 0.6) is 0 Å². The number of phosphoric ester groups is 2. The number of hydrogen-bond acceptors (Lipinski definition) is 15. The van der Waals surface area contributed by atoms with Crippen molar-refractivity contribution >= 4 is 39.5 Å². The molecule has 2 unspecified atom stereocenters. The van der Waals surface area contributed by atoms with Gasteiger partial charge in [0.2, 0.25) is 0 Å². The van der Waals surface area contributed by atoms with Crippen LogP contribution in [0.2, 0.25) is 0 Å².